The number of nitrogens with two attached hydrogens (primary N) is 2. The Bertz CT molecular complexity index is 1380. The predicted molar refractivity (Wildman–Crippen MR) is 118 cm³/mol. The highest BCUT2D eigenvalue weighted by Gasteiger charge is 2.34. The minimum absolute atomic E-state index is 0.0518. The first-order valence-corrected chi connectivity index (χ1v) is 12.9. The lowest BCUT2D eigenvalue weighted by Gasteiger charge is -2.21. The van der Waals surface area contributed by atoms with Gasteiger partial charge in [-0.1, -0.05) is 29.5 Å². The first-order chi connectivity index (χ1) is 15.1. The number of hydrazine groups is 3. The van der Waals surface area contributed by atoms with E-state index >= 15 is 0 Å². The van der Waals surface area contributed by atoms with Crippen molar-refractivity contribution in [2.24, 2.45) is 5.14 Å². The Morgan fingerprint density at radius 3 is 2.47 bits per heavy atom. The Hall–Kier alpha value is -2.25. The van der Waals surface area contributed by atoms with Gasteiger partial charge in [-0.3, -0.25) is 0 Å². The van der Waals surface area contributed by atoms with Crippen LogP contribution in [0.1, 0.15) is 11.7 Å². The summed E-state index contributed by atoms with van der Waals surface area (Å²) in [6.07, 6.45) is -0.891. The minimum atomic E-state index is -4.55. The van der Waals surface area contributed by atoms with Gasteiger partial charge in [0.25, 0.3) is 0 Å². The van der Waals surface area contributed by atoms with E-state index in [1.54, 1.807) is 12.1 Å². The standard InChI is InChI=1S/C16H20N8O5S3/c17-16-20-13-9(2-1-3-10(13)30-16)8-4-5-11(32(28,29)19-6-7-25)14(31(18,26)27)12(8)15-21-23-24-22-15/h1-5,15,19,21-25H,6-7H2,(H2,17,20)(H2,18,26,27). The molecule has 0 atom stereocenters. The van der Waals surface area contributed by atoms with E-state index in [4.69, 9.17) is 16.0 Å². The van der Waals surface area contributed by atoms with Gasteiger partial charge in [-0.2, -0.15) is 11.1 Å². The molecule has 4 rings (SSSR count). The maximum absolute atomic E-state index is 12.8. The van der Waals surface area contributed by atoms with Crippen LogP contribution in [0.4, 0.5) is 5.13 Å². The molecule has 0 spiro atoms. The molecule has 1 aromatic heterocycles. The number of para-hydroxylation sites is 1. The van der Waals surface area contributed by atoms with Crippen LogP contribution in [0.2, 0.25) is 0 Å². The van der Waals surface area contributed by atoms with E-state index in [2.05, 4.69) is 31.6 Å². The number of benzene rings is 2. The van der Waals surface area contributed by atoms with E-state index in [9.17, 15) is 16.8 Å². The van der Waals surface area contributed by atoms with Crippen molar-refractivity contribution < 1.29 is 21.9 Å². The van der Waals surface area contributed by atoms with Gasteiger partial charge in [-0.15, -0.1) is 0 Å². The van der Waals surface area contributed by atoms with Crippen LogP contribution in [0.15, 0.2) is 40.1 Å². The Balaban J connectivity index is 2.08. The number of aliphatic hydroxyl groups is 1. The molecule has 1 saturated heterocycles. The number of aromatic nitrogens is 1. The molecule has 2 aromatic carbocycles. The van der Waals surface area contributed by atoms with Crippen molar-refractivity contribution in [2.75, 3.05) is 18.9 Å². The Labute approximate surface area is 187 Å². The second-order valence-corrected chi connectivity index (χ2v) is 11.0. The number of hydrogen-bond acceptors (Lipinski definition) is 12. The van der Waals surface area contributed by atoms with Crippen molar-refractivity contribution in [1.82, 2.24) is 31.6 Å². The van der Waals surface area contributed by atoms with Crippen LogP contribution in [0.25, 0.3) is 21.3 Å². The number of primary sulfonamides is 1. The second-order valence-electron chi connectivity index (χ2n) is 6.70. The number of nitrogen functional groups attached to an aromatic ring is 1. The third kappa shape index (κ3) is 4.20. The number of hydrogen-bond donors (Lipinski definition) is 8. The molecule has 0 bridgehead atoms. The van der Waals surface area contributed by atoms with Gasteiger partial charge in [0.1, 0.15) is 16.0 Å². The third-order valence-electron chi connectivity index (χ3n) is 4.65. The quantitative estimate of drug-likeness (QED) is 0.188. The van der Waals surface area contributed by atoms with Gasteiger partial charge in [0, 0.05) is 17.7 Å². The lowest BCUT2D eigenvalue weighted by molar-refractivity contribution is 0.301. The zero-order valence-electron chi connectivity index (χ0n) is 16.3. The molecule has 16 heteroatoms. The van der Waals surface area contributed by atoms with E-state index in [1.165, 1.54) is 17.4 Å². The van der Waals surface area contributed by atoms with Crippen molar-refractivity contribution in [3.63, 3.8) is 0 Å². The van der Waals surface area contributed by atoms with E-state index < -0.39 is 42.6 Å². The minimum Gasteiger partial charge on any atom is -0.395 e. The summed E-state index contributed by atoms with van der Waals surface area (Å²) in [5, 5.41) is 14.8. The summed E-state index contributed by atoms with van der Waals surface area (Å²) in [4.78, 5) is 3.20. The lowest BCUT2D eigenvalue weighted by atomic mass is 9.97. The van der Waals surface area contributed by atoms with Gasteiger partial charge < -0.3 is 10.8 Å². The highest BCUT2D eigenvalue weighted by atomic mass is 32.2. The zero-order chi connectivity index (χ0) is 23.1. The largest absolute Gasteiger partial charge is 0.395 e. The smallest absolute Gasteiger partial charge is 0.242 e. The molecule has 0 amide bonds. The molecule has 0 saturated carbocycles. The number of nitrogens with one attached hydrogen (secondary N) is 5. The van der Waals surface area contributed by atoms with Crippen LogP contribution in [0, 0.1) is 0 Å². The monoisotopic (exact) mass is 500 g/mol. The van der Waals surface area contributed by atoms with Crippen LogP contribution < -0.4 is 37.5 Å². The molecule has 1 aliphatic heterocycles. The number of aliphatic hydroxyl groups excluding tert-OH is 1. The molecule has 0 aliphatic carbocycles. The third-order valence-corrected chi connectivity index (χ3v) is 8.14. The molecule has 0 radical (unpaired) electrons. The van der Waals surface area contributed by atoms with E-state index in [0.717, 1.165) is 10.8 Å². The fourth-order valence-electron chi connectivity index (χ4n) is 3.44. The second kappa shape index (κ2) is 8.60. The zero-order valence-corrected chi connectivity index (χ0v) is 18.7. The molecular weight excluding hydrogens is 480 g/mol. The fraction of sp³-hybridized carbons (Fsp3) is 0.188. The van der Waals surface area contributed by atoms with E-state index in [1.807, 2.05) is 6.07 Å². The summed E-state index contributed by atoms with van der Waals surface area (Å²) in [5.74, 6) is 0. The number of anilines is 1. The van der Waals surface area contributed by atoms with Crippen LogP contribution in [-0.2, 0) is 20.0 Å². The van der Waals surface area contributed by atoms with Gasteiger partial charge >= 0.3 is 0 Å². The van der Waals surface area contributed by atoms with Gasteiger partial charge in [-0.05, 0) is 17.7 Å². The molecule has 172 valence electrons. The summed E-state index contributed by atoms with van der Waals surface area (Å²) >= 11 is 1.26. The summed E-state index contributed by atoms with van der Waals surface area (Å²) in [5.41, 5.74) is 18.1. The summed E-state index contributed by atoms with van der Waals surface area (Å²) in [7, 11) is -8.87. The highest BCUT2D eigenvalue weighted by molar-refractivity contribution is 7.92. The molecule has 3 aromatic rings. The van der Waals surface area contributed by atoms with Crippen molar-refractivity contribution in [1.29, 1.82) is 0 Å². The highest BCUT2D eigenvalue weighted by Crippen LogP contribution is 2.40. The number of rotatable bonds is 7. The summed E-state index contributed by atoms with van der Waals surface area (Å²) in [6.45, 7) is -0.772. The first kappa shape index (κ1) is 22.9. The van der Waals surface area contributed by atoms with Crippen molar-refractivity contribution >= 4 is 46.7 Å². The first-order valence-electron chi connectivity index (χ1n) is 9.10. The van der Waals surface area contributed by atoms with Gasteiger partial charge in [0.05, 0.1) is 16.8 Å². The molecule has 0 unspecified atom stereocenters. The maximum atomic E-state index is 12.8. The Kier molecular flexibility index (Phi) is 6.16. The average molecular weight is 501 g/mol. The molecule has 2 heterocycles. The molecule has 32 heavy (non-hydrogen) atoms. The summed E-state index contributed by atoms with van der Waals surface area (Å²) in [6, 6.07) is 7.93. The van der Waals surface area contributed by atoms with Crippen molar-refractivity contribution in [3.8, 4) is 11.1 Å². The Morgan fingerprint density at radius 1 is 1.09 bits per heavy atom. The van der Waals surface area contributed by atoms with Crippen LogP contribution in [0.3, 0.4) is 0 Å². The fourth-order valence-corrected chi connectivity index (χ4v) is 6.88. The van der Waals surface area contributed by atoms with Gasteiger partial charge in [0.2, 0.25) is 20.0 Å². The predicted octanol–water partition coefficient (Wildman–Crippen LogP) is -1.42. The molecule has 1 aliphatic rings. The normalized spacial score (nSPS) is 15.6. The SMILES string of the molecule is Nc1nc2c(-c3ccc(S(=O)(=O)NCCO)c(S(N)(=O)=O)c3C3NNNN3)cccc2s1. The Morgan fingerprint density at radius 2 is 1.81 bits per heavy atom. The molecule has 10 N–H and O–H groups in total. The summed E-state index contributed by atoms with van der Waals surface area (Å²) < 4.78 is 54.0. The van der Waals surface area contributed by atoms with Crippen LogP contribution in [-0.4, -0.2) is 40.1 Å². The van der Waals surface area contributed by atoms with Crippen molar-refractivity contribution in [2.45, 2.75) is 16.0 Å². The number of sulfonamides is 2. The van der Waals surface area contributed by atoms with Crippen LogP contribution >= 0.6 is 11.3 Å². The number of fused-ring (bicyclic) bond motifs is 1. The molecular formula is C16H20N8O5S3. The lowest BCUT2D eigenvalue weighted by Crippen LogP contribution is -2.33. The molecule has 13 nitrogen and oxygen atoms in total. The molecule has 1 fully saturated rings. The van der Waals surface area contributed by atoms with E-state index in [0.29, 0.717) is 21.8 Å². The topological polar surface area (TPSA) is 214 Å². The number of thiazole rings is 1. The maximum Gasteiger partial charge on any atom is 0.242 e. The van der Waals surface area contributed by atoms with E-state index in [-0.39, 0.29) is 12.1 Å². The number of nitrogens with zero attached hydrogens (tertiary/aromatic N) is 1. The van der Waals surface area contributed by atoms with Crippen molar-refractivity contribution in [3.05, 3.63) is 35.9 Å². The van der Waals surface area contributed by atoms with Gasteiger partial charge in [-0.25, -0.2) is 42.5 Å². The van der Waals surface area contributed by atoms with Crippen LogP contribution in [0.5, 0.6) is 0 Å². The van der Waals surface area contributed by atoms with Gasteiger partial charge in [0.15, 0.2) is 5.13 Å². The average Bonchev–Trinajstić information content (AvgIpc) is 3.39.